The van der Waals surface area contributed by atoms with Crippen LogP contribution in [0.2, 0.25) is 0 Å². The fourth-order valence-electron chi connectivity index (χ4n) is 2.31. The molecule has 2 aliphatic rings. The van der Waals surface area contributed by atoms with Crippen molar-refractivity contribution >= 4 is 23.5 Å². The van der Waals surface area contributed by atoms with E-state index in [-0.39, 0.29) is 18.3 Å². The fraction of sp³-hybridized carbons (Fsp3) is 0.357. The van der Waals surface area contributed by atoms with Crippen molar-refractivity contribution in [2.75, 3.05) is 18.4 Å². The molecule has 0 radical (unpaired) electrons. The second kappa shape index (κ2) is 5.36. The predicted octanol–water partition coefficient (Wildman–Crippen LogP) is 1.33. The lowest BCUT2D eigenvalue weighted by molar-refractivity contribution is -0.129. The van der Waals surface area contributed by atoms with Gasteiger partial charge in [0.05, 0.1) is 5.69 Å². The van der Waals surface area contributed by atoms with Crippen molar-refractivity contribution in [1.29, 1.82) is 0 Å². The van der Waals surface area contributed by atoms with Gasteiger partial charge >= 0.3 is 6.03 Å². The molecule has 1 N–H and O–H groups in total. The van der Waals surface area contributed by atoms with Crippen molar-refractivity contribution in [2.45, 2.75) is 18.9 Å². The summed E-state index contributed by atoms with van der Waals surface area (Å²) in [6, 6.07) is 2.30. The Morgan fingerprint density at radius 1 is 1.27 bits per heavy atom. The van der Waals surface area contributed by atoms with Crippen molar-refractivity contribution in [3.8, 4) is 0 Å². The van der Waals surface area contributed by atoms with Gasteiger partial charge in [-0.1, -0.05) is 0 Å². The highest BCUT2D eigenvalue weighted by atomic mass is 19.1. The highest BCUT2D eigenvalue weighted by Gasteiger charge is 2.44. The number of nitrogens with one attached hydrogen (secondary N) is 1. The summed E-state index contributed by atoms with van der Waals surface area (Å²) in [5, 5.41) is 2.22. The van der Waals surface area contributed by atoms with E-state index in [1.54, 1.807) is 0 Å². The summed E-state index contributed by atoms with van der Waals surface area (Å²) < 4.78 is 26.2. The highest BCUT2D eigenvalue weighted by molar-refractivity contribution is 6.06. The van der Waals surface area contributed by atoms with E-state index >= 15 is 0 Å². The predicted molar refractivity (Wildman–Crippen MR) is 71.8 cm³/mol. The summed E-state index contributed by atoms with van der Waals surface area (Å²) in [7, 11) is 0. The van der Waals surface area contributed by atoms with Crippen LogP contribution in [0.25, 0.3) is 0 Å². The molecule has 22 heavy (non-hydrogen) atoms. The quantitative estimate of drug-likeness (QED) is 0.853. The number of carbonyl (C=O) groups is 3. The topological polar surface area (TPSA) is 69.7 Å². The maximum Gasteiger partial charge on any atom is 0.327 e. The summed E-state index contributed by atoms with van der Waals surface area (Å²) in [5.74, 6) is -2.86. The molecule has 6 nitrogen and oxygen atoms in total. The molecule has 3 rings (SSSR count). The standard InChI is InChI=1S/C14H13F2N3O3/c15-8-1-4-11(10(16)5-8)17-12(20)6-19-13(21)7-18(14(19)22)9-2-3-9/h1,4-5,9H,2-3,6-7H2,(H,17,20). The van der Waals surface area contributed by atoms with Gasteiger partial charge in [0.2, 0.25) is 5.91 Å². The average molecular weight is 309 g/mol. The van der Waals surface area contributed by atoms with Gasteiger partial charge in [-0.15, -0.1) is 0 Å². The van der Waals surface area contributed by atoms with Crippen molar-refractivity contribution in [3.63, 3.8) is 0 Å². The molecule has 0 spiro atoms. The van der Waals surface area contributed by atoms with Crippen molar-refractivity contribution < 1.29 is 23.2 Å². The van der Waals surface area contributed by atoms with E-state index in [2.05, 4.69) is 5.32 Å². The first-order chi connectivity index (χ1) is 10.5. The fourth-order valence-corrected chi connectivity index (χ4v) is 2.31. The summed E-state index contributed by atoms with van der Waals surface area (Å²) in [4.78, 5) is 37.9. The number of carbonyl (C=O) groups excluding carboxylic acids is 3. The molecule has 8 heteroatoms. The zero-order chi connectivity index (χ0) is 15.9. The smallest absolute Gasteiger partial charge is 0.322 e. The summed E-state index contributed by atoms with van der Waals surface area (Å²) >= 11 is 0. The molecule has 0 bridgehead atoms. The van der Waals surface area contributed by atoms with Gasteiger partial charge in [-0.3, -0.25) is 14.5 Å². The van der Waals surface area contributed by atoms with E-state index in [9.17, 15) is 23.2 Å². The molecule has 1 saturated carbocycles. The molecule has 4 amide bonds. The number of hydrogen-bond donors (Lipinski definition) is 1. The van der Waals surface area contributed by atoms with E-state index in [4.69, 9.17) is 0 Å². The molecule has 1 aromatic carbocycles. The Bertz CT molecular complexity index is 661. The van der Waals surface area contributed by atoms with Crippen LogP contribution in [0.1, 0.15) is 12.8 Å². The zero-order valence-corrected chi connectivity index (χ0v) is 11.5. The molecule has 116 valence electrons. The van der Waals surface area contributed by atoms with Gasteiger partial charge in [0, 0.05) is 12.1 Å². The molecule has 0 unspecified atom stereocenters. The number of benzene rings is 1. The van der Waals surface area contributed by atoms with Crippen LogP contribution < -0.4 is 5.32 Å². The SMILES string of the molecule is O=C(CN1C(=O)CN(C2CC2)C1=O)Nc1ccc(F)cc1F. The maximum atomic E-state index is 13.4. The number of imide groups is 1. The first kappa shape index (κ1) is 14.4. The van der Waals surface area contributed by atoms with Crippen LogP contribution in [0.15, 0.2) is 18.2 Å². The van der Waals surface area contributed by atoms with Gasteiger partial charge in [0.15, 0.2) is 0 Å². The van der Waals surface area contributed by atoms with Crippen molar-refractivity contribution in [1.82, 2.24) is 9.80 Å². The Labute approximate surface area is 124 Å². The summed E-state index contributed by atoms with van der Waals surface area (Å²) in [5.41, 5.74) is -0.204. The zero-order valence-electron chi connectivity index (χ0n) is 11.5. The minimum absolute atomic E-state index is 0.0261. The molecule has 0 atom stereocenters. The lowest BCUT2D eigenvalue weighted by atomic mass is 10.3. The number of nitrogens with zero attached hydrogens (tertiary/aromatic N) is 2. The molecule has 1 aliphatic carbocycles. The molecule has 1 aromatic rings. The van der Waals surface area contributed by atoms with E-state index in [0.717, 1.165) is 29.9 Å². The third kappa shape index (κ3) is 2.76. The number of amides is 4. The van der Waals surface area contributed by atoms with Gasteiger partial charge in [-0.25, -0.2) is 13.6 Å². The van der Waals surface area contributed by atoms with Crippen molar-refractivity contribution in [2.24, 2.45) is 0 Å². The van der Waals surface area contributed by atoms with Gasteiger partial charge in [0.25, 0.3) is 5.91 Å². The highest BCUT2D eigenvalue weighted by Crippen LogP contribution is 2.30. The molecular weight excluding hydrogens is 296 g/mol. The van der Waals surface area contributed by atoms with Gasteiger partial charge in [-0.05, 0) is 25.0 Å². The Morgan fingerprint density at radius 2 is 2.00 bits per heavy atom. The lowest BCUT2D eigenvalue weighted by Crippen LogP contribution is -2.39. The van der Waals surface area contributed by atoms with E-state index in [0.29, 0.717) is 6.07 Å². The Morgan fingerprint density at radius 3 is 2.64 bits per heavy atom. The van der Waals surface area contributed by atoms with E-state index in [1.165, 1.54) is 4.90 Å². The monoisotopic (exact) mass is 309 g/mol. The number of hydrogen-bond acceptors (Lipinski definition) is 3. The Hall–Kier alpha value is -2.51. The van der Waals surface area contributed by atoms with Crippen LogP contribution >= 0.6 is 0 Å². The number of halogens is 2. The minimum Gasteiger partial charge on any atom is -0.322 e. The second-order valence-electron chi connectivity index (χ2n) is 5.29. The van der Waals surface area contributed by atoms with Crippen molar-refractivity contribution in [3.05, 3.63) is 29.8 Å². The largest absolute Gasteiger partial charge is 0.327 e. The number of anilines is 1. The van der Waals surface area contributed by atoms with Gasteiger partial charge < -0.3 is 10.2 Å². The second-order valence-corrected chi connectivity index (χ2v) is 5.29. The third-order valence-corrected chi connectivity index (χ3v) is 3.58. The molecule has 0 aromatic heterocycles. The van der Waals surface area contributed by atoms with Crippen LogP contribution in [-0.2, 0) is 9.59 Å². The first-order valence-corrected chi connectivity index (χ1v) is 6.81. The van der Waals surface area contributed by atoms with E-state index in [1.807, 2.05) is 0 Å². The summed E-state index contributed by atoms with van der Waals surface area (Å²) in [6.45, 7) is -0.514. The number of rotatable bonds is 4. The molecular formula is C14H13F2N3O3. The molecule has 1 saturated heterocycles. The number of urea groups is 1. The normalized spacial score (nSPS) is 18.1. The minimum atomic E-state index is -0.924. The average Bonchev–Trinajstić information content (AvgIpc) is 3.25. The lowest BCUT2D eigenvalue weighted by Gasteiger charge is -2.16. The molecule has 1 heterocycles. The van der Waals surface area contributed by atoms with E-state index < -0.39 is 36.0 Å². The van der Waals surface area contributed by atoms with Crippen LogP contribution in [-0.4, -0.2) is 46.8 Å². The van der Waals surface area contributed by atoms with Crippen LogP contribution in [0.3, 0.4) is 0 Å². The van der Waals surface area contributed by atoms with Crippen LogP contribution in [0, 0.1) is 11.6 Å². The maximum absolute atomic E-state index is 13.4. The summed E-state index contributed by atoms with van der Waals surface area (Å²) in [6.07, 6.45) is 1.72. The van der Waals surface area contributed by atoms with Gasteiger partial charge in [-0.2, -0.15) is 0 Å². The van der Waals surface area contributed by atoms with Crippen LogP contribution in [0.5, 0.6) is 0 Å². The Balaban J connectivity index is 1.64. The third-order valence-electron chi connectivity index (χ3n) is 3.58. The Kier molecular flexibility index (Phi) is 3.51. The van der Waals surface area contributed by atoms with Crippen LogP contribution in [0.4, 0.5) is 19.3 Å². The molecule has 1 aliphatic heterocycles. The molecule has 2 fully saturated rings. The first-order valence-electron chi connectivity index (χ1n) is 6.81. The van der Waals surface area contributed by atoms with Gasteiger partial charge in [0.1, 0.15) is 24.7 Å².